The van der Waals surface area contributed by atoms with Crippen LogP contribution in [0.4, 0.5) is 0 Å². The molecule has 0 aromatic carbocycles. The van der Waals surface area contributed by atoms with Crippen LogP contribution in [-0.4, -0.2) is 26.4 Å². The van der Waals surface area contributed by atoms with Crippen molar-refractivity contribution < 1.29 is 14.5 Å². The quantitative estimate of drug-likeness (QED) is 0.306. The van der Waals surface area contributed by atoms with Gasteiger partial charge in [0.05, 0.1) is 13.2 Å². The maximum absolute atomic E-state index is 5.13. The summed E-state index contributed by atoms with van der Waals surface area (Å²) in [6.45, 7) is 6.97. The second kappa shape index (κ2) is 10.9. The van der Waals surface area contributed by atoms with Gasteiger partial charge in [-0.25, -0.2) is 9.78 Å². The van der Waals surface area contributed by atoms with E-state index >= 15 is 0 Å². The summed E-state index contributed by atoms with van der Waals surface area (Å²) in [5.74, 6) is 0. The summed E-state index contributed by atoms with van der Waals surface area (Å²) < 4.78 is 5.13. The van der Waals surface area contributed by atoms with Crippen molar-refractivity contribution in [1.29, 1.82) is 0 Å². The molecular formula is C9H20O3. The fraction of sp³-hybridized carbons (Fsp3) is 1.00. The molecule has 0 saturated heterocycles. The van der Waals surface area contributed by atoms with Crippen molar-refractivity contribution in [2.45, 2.75) is 33.1 Å². The first-order valence-corrected chi connectivity index (χ1v) is 4.74. The molecule has 0 N–H and O–H groups in total. The molecule has 0 fully saturated rings. The average Bonchev–Trinajstić information content (AvgIpc) is 2.10. The van der Waals surface area contributed by atoms with Crippen molar-refractivity contribution in [1.82, 2.24) is 0 Å². The summed E-state index contributed by atoms with van der Waals surface area (Å²) in [4.78, 5) is 9.80. The van der Waals surface area contributed by atoms with Crippen LogP contribution in [0.3, 0.4) is 0 Å². The Morgan fingerprint density at radius 2 is 1.50 bits per heavy atom. The van der Waals surface area contributed by atoms with Gasteiger partial charge in [0.2, 0.25) is 0 Å². The maximum atomic E-state index is 5.13. The molecule has 12 heavy (non-hydrogen) atoms. The molecule has 0 aromatic rings. The molecule has 0 spiro atoms. The lowest BCUT2D eigenvalue weighted by Gasteiger charge is -2.02. The van der Waals surface area contributed by atoms with E-state index in [1.165, 1.54) is 0 Å². The smallest absolute Gasteiger partial charge is 0.0844 e. The van der Waals surface area contributed by atoms with Crippen LogP contribution in [-0.2, 0) is 14.5 Å². The molecule has 0 aliphatic heterocycles. The fourth-order valence-electron chi connectivity index (χ4n) is 0.685. The van der Waals surface area contributed by atoms with E-state index in [2.05, 4.69) is 6.92 Å². The highest BCUT2D eigenvalue weighted by Gasteiger charge is 1.89. The molecule has 0 rings (SSSR count). The van der Waals surface area contributed by atoms with Gasteiger partial charge < -0.3 is 4.74 Å². The number of hydrogen-bond donors (Lipinski definition) is 0. The van der Waals surface area contributed by atoms with Crippen molar-refractivity contribution in [3.05, 3.63) is 0 Å². The monoisotopic (exact) mass is 176 g/mol. The molecule has 0 heterocycles. The van der Waals surface area contributed by atoms with Gasteiger partial charge in [-0.05, 0) is 19.8 Å². The Morgan fingerprint density at radius 1 is 0.833 bits per heavy atom. The fourth-order valence-corrected chi connectivity index (χ4v) is 0.685. The second-order valence-corrected chi connectivity index (χ2v) is 2.55. The van der Waals surface area contributed by atoms with Crippen LogP contribution < -0.4 is 0 Å². The summed E-state index contributed by atoms with van der Waals surface area (Å²) in [7, 11) is 0. The third kappa shape index (κ3) is 9.88. The lowest BCUT2D eigenvalue weighted by Crippen LogP contribution is -2.02. The molecule has 3 nitrogen and oxygen atoms in total. The summed E-state index contributed by atoms with van der Waals surface area (Å²) in [5.41, 5.74) is 0. The van der Waals surface area contributed by atoms with E-state index in [4.69, 9.17) is 14.5 Å². The Kier molecular flexibility index (Phi) is 10.8. The van der Waals surface area contributed by atoms with Crippen molar-refractivity contribution in [2.24, 2.45) is 0 Å². The lowest BCUT2D eigenvalue weighted by atomic mass is 10.4. The number of hydrogen-bond acceptors (Lipinski definition) is 3. The van der Waals surface area contributed by atoms with E-state index in [1.54, 1.807) is 0 Å². The largest absolute Gasteiger partial charge is 0.382 e. The topological polar surface area (TPSA) is 27.7 Å². The Balaban J connectivity index is 2.73. The predicted molar refractivity (Wildman–Crippen MR) is 47.9 cm³/mol. The van der Waals surface area contributed by atoms with Crippen molar-refractivity contribution >= 4 is 0 Å². The van der Waals surface area contributed by atoms with Crippen LogP contribution in [0.25, 0.3) is 0 Å². The molecule has 0 bridgehead atoms. The van der Waals surface area contributed by atoms with Crippen LogP contribution in [0.1, 0.15) is 33.1 Å². The van der Waals surface area contributed by atoms with Gasteiger partial charge >= 0.3 is 0 Å². The first-order chi connectivity index (χ1) is 5.91. The highest BCUT2D eigenvalue weighted by molar-refractivity contribution is 4.30. The maximum Gasteiger partial charge on any atom is 0.0844 e. The van der Waals surface area contributed by atoms with Gasteiger partial charge in [-0.2, -0.15) is 0 Å². The molecule has 0 aliphatic carbocycles. The average molecular weight is 176 g/mol. The van der Waals surface area contributed by atoms with Crippen LogP contribution >= 0.6 is 0 Å². The van der Waals surface area contributed by atoms with Crippen molar-refractivity contribution in [3.63, 3.8) is 0 Å². The van der Waals surface area contributed by atoms with Crippen LogP contribution in [0, 0.1) is 0 Å². The summed E-state index contributed by atoms with van der Waals surface area (Å²) in [5, 5.41) is 0. The van der Waals surface area contributed by atoms with Gasteiger partial charge in [0.1, 0.15) is 0 Å². The molecular weight excluding hydrogens is 156 g/mol. The van der Waals surface area contributed by atoms with Crippen molar-refractivity contribution in [2.75, 3.05) is 26.4 Å². The first kappa shape index (κ1) is 11.9. The van der Waals surface area contributed by atoms with E-state index in [1.807, 2.05) is 6.92 Å². The molecule has 0 atom stereocenters. The Hall–Kier alpha value is -0.120. The highest BCUT2D eigenvalue weighted by atomic mass is 17.2. The lowest BCUT2D eigenvalue weighted by molar-refractivity contribution is -0.296. The molecule has 0 radical (unpaired) electrons. The molecule has 3 heteroatoms. The molecule has 0 unspecified atom stereocenters. The second-order valence-electron chi connectivity index (χ2n) is 2.55. The highest BCUT2D eigenvalue weighted by Crippen LogP contribution is 1.90. The molecule has 0 aromatic heterocycles. The van der Waals surface area contributed by atoms with Gasteiger partial charge in [0, 0.05) is 13.2 Å². The Labute approximate surface area is 74.9 Å². The van der Waals surface area contributed by atoms with Gasteiger partial charge in [-0.3, -0.25) is 0 Å². The predicted octanol–water partition coefficient (Wildman–Crippen LogP) is 2.16. The Bertz CT molecular complexity index is 66.2. The molecule has 74 valence electrons. The van der Waals surface area contributed by atoms with Gasteiger partial charge in [0.25, 0.3) is 0 Å². The standard InChI is InChI=1S/C9H20O3/c1-3-5-8-11-12-9-6-7-10-4-2/h3-9H2,1-2H3. The van der Waals surface area contributed by atoms with Gasteiger partial charge in [-0.15, -0.1) is 0 Å². The SMILES string of the molecule is CCCCOOCCCOCC. The molecule has 0 saturated carbocycles. The minimum absolute atomic E-state index is 0.629. The third-order valence-electron chi connectivity index (χ3n) is 1.39. The zero-order valence-corrected chi connectivity index (χ0v) is 8.17. The van der Waals surface area contributed by atoms with E-state index in [0.717, 1.165) is 32.5 Å². The molecule has 0 amide bonds. The van der Waals surface area contributed by atoms with E-state index in [0.29, 0.717) is 13.2 Å². The zero-order chi connectivity index (χ0) is 9.07. The zero-order valence-electron chi connectivity index (χ0n) is 8.17. The van der Waals surface area contributed by atoms with Crippen molar-refractivity contribution in [3.8, 4) is 0 Å². The molecule has 0 aliphatic rings. The van der Waals surface area contributed by atoms with E-state index < -0.39 is 0 Å². The van der Waals surface area contributed by atoms with Gasteiger partial charge in [-0.1, -0.05) is 13.3 Å². The Morgan fingerprint density at radius 3 is 2.08 bits per heavy atom. The normalized spacial score (nSPS) is 10.5. The summed E-state index contributed by atoms with van der Waals surface area (Å²) in [6.07, 6.45) is 3.10. The third-order valence-corrected chi connectivity index (χ3v) is 1.39. The number of rotatable bonds is 9. The first-order valence-electron chi connectivity index (χ1n) is 4.74. The van der Waals surface area contributed by atoms with E-state index in [9.17, 15) is 0 Å². The van der Waals surface area contributed by atoms with E-state index in [-0.39, 0.29) is 0 Å². The number of ether oxygens (including phenoxy) is 1. The summed E-state index contributed by atoms with van der Waals surface area (Å²) >= 11 is 0. The summed E-state index contributed by atoms with van der Waals surface area (Å²) in [6, 6.07) is 0. The van der Waals surface area contributed by atoms with Crippen LogP contribution in [0.2, 0.25) is 0 Å². The van der Waals surface area contributed by atoms with Gasteiger partial charge in [0.15, 0.2) is 0 Å². The minimum atomic E-state index is 0.629. The minimum Gasteiger partial charge on any atom is -0.382 e. The number of unbranched alkanes of at least 4 members (excludes halogenated alkanes) is 1. The van der Waals surface area contributed by atoms with Crippen LogP contribution in [0.5, 0.6) is 0 Å². The van der Waals surface area contributed by atoms with Crippen LogP contribution in [0.15, 0.2) is 0 Å².